The van der Waals surface area contributed by atoms with Gasteiger partial charge in [-0.3, -0.25) is 0 Å². The minimum atomic E-state index is -4.98. The summed E-state index contributed by atoms with van der Waals surface area (Å²) in [7, 11) is -9.96. The zero-order valence-corrected chi connectivity index (χ0v) is 22.2. The van der Waals surface area contributed by atoms with Crippen LogP contribution in [0.3, 0.4) is 0 Å². The van der Waals surface area contributed by atoms with Crippen LogP contribution in [0.1, 0.15) is 20.7 Å². The number of hydrogen-bond acceptors (Lipinski definition) is 12. The number of aromatic carboxylic acids is 2. The second kappa shape index (κ2) is 15.2. The summed E-state index contributed by atoms with van der Waals surface area (Å²) in [6.07, 6.45) is 0. The van der Waals surface area contributed by atoms with Gasteiger partial charge in [-0.1, -0.05) is 0 Å². The molecule has 0 aliphatic heterocycles. The van der Waals surface area contributed by atoms with Gasteiger partial charge in [-0.05, 0) is 12.1 Å². The van der Waals surface area contributed by atoms with Crippen LogP contribution in [0.15, 0.2) is 34.1 Å². The number of phenolic OH excluding ortho intramolecular Hbond substituents is 2. The molecule has 0 saturated heterocycles. The summed E-state index contributed by atoms with van der Waals surface area (Å²) in [5, 5.41) is 53.0. The second-order valence-corrected chi connectivity index (χ2v) is 7.89. The van der Waals surface area contributed by atoms with E-state index in [9.17, 15) is 35.5 Å². The van der Waals surface area contributed by atoms with Gasteiger partial charge in [0.15, 0.2) is 0 Å². The van der Waals surface area contributed by atoms with Gasteiger partial charge in [0.05, 0.1) is 9.79 Å². The molecule has 21 heteroatoms. The van der Waals surface area contributed by atoms with Gasteiger partial charge in [0, 0.05) is 12.1 Å². The van der Waals surface area contributed by atoms with Crippen LogP contribution >= 0.6 is 0 Å². The van der Waals surface area contributed by atoms with E-state index < -0.39 is 76.1 Å². The average molecular weight is 747 g/mol. The van der Waals surface area contributed by atoms with Crippen molar-refractivity contribution in [3.05, 3.63) is 35.4 Å². The monoisotopic (exact) mass is 747 g/mol. The predicted octanol–water partition coefficient (Wildman–Crippen LogP) is -4.38. The molecular weight excluding hydrogens is 727 g/mol. The summed E-state index contributed by atoms with van der Waals surface area (Å²) in [4.78, 5) is 18.8. The van der Waals surface area contributed by atoms with Gasteiger partial charge in [-0.25, -0.2) is 26.4 Å². The van der Waals surface area contributed by atoms with Crippen LogP contribution in [-0.2, 0) is 25.7 Å². The van der Waals surface area contributed by atoms with Crippen molar-refractivity contribution in [3.8, 4) is 23.0 Å². The van der Waals surface area contributed by atoms with Crippen LogP contribution in [0.4, 0.5) is 0 Å². The smallest absolute Gasteiger partial charge is 0.744 e. The summed E-state index contributed by atoms with van der Waals surface area (Å²) in [6.45, 7) is 0. The molecule has 0 fully saturated rings. The molecule has 35 heavy (non-hydrogen) atoms. The Hall–Kier alpha value is -2.84. The first kappa shape index (κ1) is 42.3. The van der Waals surface area contributed by atoms with Gasteiger partial charge in [0.1, 0.15) is 54.4 Å². The van der Waals surface area contributed by atoms with Crippen LogP contribution in [0.25, 0.3) is 0 Å². The Labute approximate surface area is 215 Å². The third kappa shape index (κ3) is 11.0. The Morgan fingerprint density at radius 1 is 0.600 bits per heavy atom. The molecule has 0 atom stereocenters. The Bertz CT molecular complexity index is 1140. The number of carbonyl (C=O) groups is 2. The fourth-order valence-electron chi connectivity index (χ4n) is 1.86. The Kier molecular flexibility index (Phi) is 18.4. The molecule has 0 spiro atoms. The summed E-state index contributed by atoms with van der Waals surface area (Å²) in [5.41, 5.74) is -1.55. The van der Waals surface area contributed by atoms with E-state index in [0.717, 1.165) is 0 Å². The minimum Gasteiger partial charge on any atom is -0.744 e. The molecule has 2 radical (unpaired) electrons. The number of benzene rings is 2. The summed E-state index contributed by atoms with van der Waals surface area (Å²) >= 11 is 0. The molecular formula is C14H19O18PbS2+. The fourth-order valence-corrected chi connectivity index (χ4v) is 3.01. The van der Waals surface area contributed by atoms with Crippen LogP contribution < -0.4 is 0 Å². The SMILES string of the molecule is O.O.O.O=C(O)c1cc(S(=O)(=O)[O-])c(O)cc1O.O=C(O)c1cc(S(=O)(=O)[O-])c(O)cc1O.[OH3+].[Pb+2]. The van der Waals surface area contributed by atoms with Gasteiger partial charge < -0.3 is 61.6 Å². The fraction of sp³-hybridized carbons (Fsp3) is 0. The van der Waals surface area contributed by atoms with E-state index >= 15 is 0 Å². The molecule has 2 aromatic carbocycles. The van der Waals surface area contributed by atoms with Gasteiger partial charge in [0.2, 0.25) is 0 Å². The minimum absolute atomic E-state index is 0. The molecule has 18 nitrogen and oxygen atoms in total. The van der Waals surface area contributed by atoms with Crippen molar-refractivity contribution in [2.24, 2.45) is 0 Å². The number of carboxylic acid groups (broad SMARTS) is 2. The normalized spacial score (nSPS) is 9.66. The first-order chi connectivity index (χ1) is 13.5. The van der Waals surface area contributed by atoms with Crippen LogP contribution in [-0.4, -0.2) is 112 Å². The molecule has 0 aromatic heterocycles. The molecule has 0 aliphatic carbocycles. The molecule has 198 valence electrons. The quantitative estimate of drug-likeness (QED) is 0.0978. The molecule has 0 bridgehead atoms. The maximum absolute atomic E-state index is 10.5. The Morgan fingerprint density at radius 3 is 1.00 bits per heavy atom. The standard InChI is InChI=1S/2C7H6O7S.4H2O.Pb/c2*8-4-2-5(9)6(15(12,13)14)1-3(4)7(10)11;;;;;/h2*1-2,8-9H,(H,10,11)(H,12,13,14);4*1H2;/q;;;;;;+2/p-1. The molecule has 0 heterocycles. The van der Waals surface area contributed by atoms with E-state index in [1.807, 2.05) is 0 Å². The molecule has 2 aromatic rings. The zero-order chi connectivity index (χ0) is 23.6. The summed E-state index contributed by atoms with van der Waals surface area (Å²) in [5.74, 6) is -6.87. The number of rotatable bonds is 4. The van der Waals surface area contributed by atoms with Crippen molar-refractivity contribution in [2.75, 3.05) is 0 Å². The van der Waals surface area contributed by atoms with E-state index in [-0.39, 0.29) is 49.2 Å². The van der Waals surface area contributed by atoms with E-state index in [4.69, 9.17) is 30.6 Å². The van der Waals surface area contributed by atoms with E-state index in [0.29, 0.717) is 24.3 Å². The molecule has 0 saturated carbocycles. The molecule has 15 N–H and O–H groups in total. The van der Waals surface area contributed by atoms with Crippen molar-refractivity contribution in [1.29, 1.82) is 0 Å². The van der Waals surface area contributed by atoms with Crippen LogP contribution in [0, 0.1) is 0 Å². The number of carboxylic acids is 2. The van der Waals surface area contributed by atoms with Crippen molar-refractivity contribution >= 4 is 59.5 Å². The number of hydrogen-bond donors (Lipinski definition) is 6. The van der Waals surface area contributed by atoms with Crippen LogP contribution in [0.2, 0.25) is 0 Å². The maximum atomic E-state index is 10.5. The van der Waals surface area contributed by atoms with Gasteiger partial charge in [-0.15, -0.1) is 0 Å². The Morgan fingerprint density at radius 2 is 0.829 bits per heavy atom. The van der Waals surface area contributed by atoms with Gasteiger partial charge >= 0.3 is 39.2 Å². The van der Waals surface area contributed by atoms with Crippen molar-refractivity contribution in [1.82, 2.24) is 0 Å². The molecule has 0 aliphatic rings. The van der Waals surface area contributed by atoms with E-state index in [1.54, 1.807) is 0 Å². The van der Waals surface area contributed by atoms with Crippen molar-refractivity contribution < 1.29 is 88.1 Å². The molecule has 0 amide bonds. The van der Waals surface area contributed by atoms with Crippen molar-refractivity contribution in [2.45, 2.75) is 9.79 Å². The van der Waals surface area contributed by atoms with Gasteiger partial charge in [0.25, 0.3) is 0 Å². The molecule has 0 unspecified atom stereocenters. The maximum Gasteiger partial charge on any atom is 2.00 e. The number of phenols is 4. The number of aromatic hydroxyl groups is 4. The van der Waals surface area contributed by atoms with Crippen LogP contribution in [0.5, 0.6) is 23.0 Å². The molecule has 2 rings (SSSR count). The summed E-state index contributed by atoms with van der Waals surface area (Å²) < 4.78 is 63.3. The first-order valence-electron chi connectivity index (χ1n) is 6.97. The summed E-state index contributed by atoms with van der Waals surface area (Å²) in [6, 6.07) is 1.76. The Balaban J connectivity index is -0.000000150. The largest absolute Gasteiger partial charge is 2.00 e. The van der Waals surface area contributed by atoms with Crippen molar-refractivity contribution in [3.63, 3.8) is 0 Å². The third-order valence-electron chi connectivity index (χ3n) is 3.15. The third-order valence-corrected chi connectivity index (χ3v) is 4.89. The second-order valence-electron chi connectivity index (χ2n) is 5.19. The van der Waals surface area contributed by atoms with E-state index in [2.05, 4.69) is 0 Å². The van der Waals surface area contributed by atoms with Gasteiger partial charge in [-0.2, -0.15) is 0 Å². The predicted molar refractivity (Wildman–Crippen MR) is 111 cm³/mol. The van der Waals surface area contributed by atoms with E-state index in [1.165, 1.54) is 0 Å². The topological polar surface area (TPSA) is 397 Å². The first-order valence-corrected chi connectivity index (χ1v) is 9.78. The zero-order valence-electron chi connectivity index (χ0n) is 16.7. The average Bonchev–Trinajstić information content (AvgIpc) is 2.52.